The first-order valence-corrected chi connectivity index (χ1v) is 8.08. The van der Waals surface area contributed by atoms with E-state index in [-0.39, 0.29) is 36.4 Å². The van der Waals surface area contributed by atoms with Gasteiger partial charge in [-0.05, 0) is 26.0 Å². The molecule has 0 spiro atoms. The first-order chi connectivity index (χ1) is 11.9. The third-order valence-electron chi connectivity index (χ3n) is 3.16. The Kier molecular flexibility index (Phi) is 11.5. The maximum atomic E-state index is 11.8. The zero-order chi connectivity index (χ0) is 18.8. The van der Waals surface area contributed by atoms with E-state index in [4.69, 9.17) is 9.47 Å². The number of nitrogens with zero attached hydrogens (tertiary/aromatic N) is 2. The standard InChI is InChI=1S/C18H28N4O3.HI/c1-7-25-16-10-14(8-9-15(16)24-6)21-18(19-11-13(2)3)20-12-17(23)22(4)5;/h8-10H,2,7,11-12H2,1,3-6H3,(H2,19,20,21);1H. The van der Waals surface area contributed by atoms with Gasteiger partial charge in [0, 0.05) is 32.4 Å². The quantitative estimate of drug-likeness (QED) is 0.261. The zero-order valence-electron chi connectivity index (χ0n) is 16.1. The van der Waals surface area contributed by atoms with E-state index in [0.717, 1.165) is 11.3 Å². The first-order valence-electron chi connectivity index (χ1n) is 8.08. The number of aliphatic imine (C=N–C) groups is 1. The highest BCUT2D eigenvalue weighted by Gasteiger charge is 2.08. The van der Waals surface area contributed by atoms with Crippen LogP contribution < -0.4 is 20.1 Å². The average molecular weight is 476 g/mol. The number of anilines is 1. The monoisotopic (exact) mass is 476 g/mol. The minimum atomic E-state index is -0.0823. The number of likely N-dealkylation sites (N-methyl/N-ethyl adjacent to an activating group) is 1. The summed E-state index contributed by atoms with van der Waals surface area (Å²) in [5.41, 5.74) is 1.73. The van der Waals surface area contributed by atoms with Crippen LogP contribution in [0.3, 0.4) is 0 Å². The molecule has 0 aliphatic heterocycles. The molecule has 0 aliphatic carbocycles. The number of benzene rings is 1. The van der Waals surface area contributed by atoms with E-state index in [2.05, 4.69) is 22.2 Å². The smallest absolute Gasteiger partial charge is 0.243 e. The number of amides is 1. The summed E-state index contributed by atoms with van der Waals surface area (Å²) in [6, 6.07) is 5.50. The Morgan fingerprint density at radius 2 is 2.00 bits per heavy atom. The third kappa shape index (κ3) is 8.41. The summed E-state index contributed by atoms with van der Waals surface area (Å²) in [7, 11) is 4.99. The Hall–Kier alpha value is -1.97. The number of rotatable bonds is 8. The molecule has 0 radical (unpaired) electrons. The van der Waals surface area contributed by atoms with Crippen LogP contribution in [-0.4, -0.2) is 57.7 Å². The predicted octanol–water partition coefficient (Wildman–Crippen LogP) is 2.73. The third-order valence-corrected chi connectivity index (χ3v) is 3.16. The van der Waals surface area contributed by atoms with E-state index in [1.54, 1.807) is 21.2 Å². The van der Waals surface area contributed by atoms with Crippen LogP contribution in [0.4, 0.5) is 5.69 Å². The zero-order valence-corrected chi connectivity index (χ0v) is 18.4. The van der Waals surface area contributed by atoms with Crippen molar-refractivity contribution < 1.29 is 14.3 Å². The number of ether oxygens (including phenoxy) is 2. The highest BCUT2D eigenvalue weighted by Crippen LogP contribution is 2.30. The Labute approximate surface area is 172 Å². The summed E-state index contributed by atoms with van der Waals surface area (Å²) in [4.78, 5) is 17.6. The minimum Gasteiger partial charge on any atom is -0.493 e. The second kappa shape index (κ2) is 12.4. The minimum absolute atomic E-state index is 0. The molecule has 1 rings (SSSR count). The molecule has 1 aromatic carbocycles. The largest absolute Gasteiger partial charge is 0.493 e. The summed E-state index contributed by atoms with van der Waals surface area (Å²) >= 11 is 0. The Bertz CT molecular complexity index is 633. The van der Waals surface area contributed by atoms with Gasteiger partial charge in [0.2, 0.25) is 5.91 Å². The van der Waals surface area contributed by atoms with Gasteiger partial charge in [-0.3, -0.25) is 4.79 Å². The van der Waals surface area contributed by atoms with Crippen LogP contribution in [0.1, 0.15) is 13.8 Å². The van der Waals surface area contributed by atoms with E-state index >= 15 is 0 Å². The summed E-state index contributed by atoms with van der Waals surface area (Å²) < 4.78 is 10.9. The second-order valence-electron chi connectivity index (χ2n) is 5.69. The lowest BCUT2D eigenvalue weighted by Gasteiger charge is -2.15. The summed E-state index contributed by atoms with van der Waals surface area (Å²) in [5.74, 6) is 1.70. The molecule has 0 saturated carbocycles. The molecule has 0 bridgehead atoms. The van der Waals surface area contributed by atoms with Gasteiger partial charge >= 0.3 is 0 Å². The molecule has 7 nitrogen and oxygen atoms in total. The fourth-order valence-corrected chi connectivity index (χ4v) is 1.82. The summed E-state index contributed by atoms with van der Waals surface area (Å²) in [5, 5.41) is 6.31. The molecular weight excluding hydrogens is 447 g/mol. The van der Waals surface area contributed by atoms with Gasteiger partial charge < -0.3 is 25.0 Å². The number of halogens is 1. The maximum Gasteiger partial charge on any atom is 0.243 e. The van der Waals surface area contributed by atoms with Crippen LogP contribution in [0.5, 0.6) is 11.5 Å². The van der Waals surface area contributed by atoms with Crippen LogP contribution >= 0.6 is 24.0 Å². The molecule has 0 unspecified atom stereocenters. The second-order valence-corrected chi connectivity index (χ2v) is 5.69. The molecule has 146 valence electrons. The highest BCUT2D eigenvalue weighted by atomic mass is 127. The summed E-state index contributed by atoms with van der Waals surface area (Å²) in [6.07, 6.45) is 0. The predicted molar refractivity (Wildman–Crippen MR) is 117 cm³/mol. The molecular formula is C18H29IN4O3. The van der Waals surface area contributed by atoms with Gasteiger partial charge in [0.05, 0.1) is 13.7 Å². The lowest BCUT2D eigenvalue weighted by Crippen LogP contribution is -2.34. The van der Waals surface area contributed by atoms with Gasteiger partial charge in [-0.1, -0.05) is 12.2 Å². The lowest BCUT2D eigenvalue weighted by molar-refractivity contribution is -0.127. The maximum absolute atomic E-state index is 11.8. The molecule has 1 amide bonds. The fraction of sp³-hybridized carbons (Fsp3) is 0.444. The van der Waals surface area contributed by atoms with Gasteiger partial charge in [0.15, 0.2) is 17.5 Å². The van der Waals surface area contributed by atoms with Crippen molar-refractivity contribution >= 4 is 41.5 Å². The van der Waals surface area contributed by atoms with Gasteiger partial charge in [-0.25, -0.2) is 4.99 Å². The number of hydrogen-bond acceptors (Lipinski definition) is 4. The first kappa shape index (κ1) is 24.0. The molecule has 0 fully saturated rings. The molecule has 0 aromatic heterocycles. The van der Waals surface area contributed by atoms with Crippen molar-refractivity contribution in [2.24, 2.45) is 4.99 Å². The molecule has 1 aromatic rings. The molecule has 0 aliphatic rings. The number of guanidine groups is 1. The van der Waals surface area contributed by atoms with Crippen LogP contribution in [0.25, 0.3) is 0 Å². The highest BCUT2D eigenvalue weighted by molar-refractivity contribution is 14.0. The molecule has 26 heavy (non-hydrogen) atoms. The Morgan fingerprint density at radius 3 is 2.54 bits per heavy atom. The van der Waals surface area contributed by atoms with Crippen molar-refractivity contribution in [3.63, 3.8) is 0 Å². The number of carbonyl (C=O) groups is 1. The number of carbonyl (C=O) groups excluding carboxylic acids is 1. The average Bonchev–Trinajstić information content (AvgIpc) is 2.57. The fourth-order valence-electron chi connectivity index (χ4n) is 1.82. The topological polar surface area (TPSA) is 75.2 Å². The van der Waals surface area contributed by atoms with E-state index in [9.17, 15) is 4.79 Å². The number of nitrogens with one attached hydrogen (secondary N) is 2. The van der Waals surface area contributed by atoms with E-state index in [1.165, 1.54) is 4.90 Å². The van der Waals surface area contributed by atoms with Crippen LogP contribution in [0.2, 0.25) is 0 Å². The van der Waals surface area contributed by atoms with Gasteiger partial charge in [0.25, 0.3) is 0 Å². The number of hydrogen-bond donors (Lipinski definition) is 2. The molecule has 2 N–H and O–H groups in total. The molecule has 0 saturated heterocycles. The van der Waals surface area contributed by atoms with Crippen molar-refractivity contribution in [1.29, 1.82) is 0 Å². The van der Waals surface area contributed by atoms with Gasteiger partial charge in [0.1, 0.15) is 6.54 Å². The number of methoxy groups -OCH3 is 1. The van der Waals surface area contributed by atoms with Crippen molar-refractivity contribution in [3.05, 3.63) is 30.4 Å². The van der Waals surface area contributed by atoms with Crippen LogP contribution in [-0.2, 0) is 4.79 Å². The van der Waals surface area contributed by atoms with Crippen LogP contribution in [0.15, 0.2) is 35.3 Å². The van der Waals surface area contributed by atoms with E-state index in [1.807, 2.05) is 32.0 Å². The van der Waals surface area contributed by atoms with Gasteiger partial charge in [-0.15, -0.1) is 24.0 Å². The molecule has 0 atom stereocenters. The SMILES string of the molecule is C=C(C)CNC(=NCC(=O)N(C)C)Nc1ccc(OC)c(OCC)c1.I. The lowest BCUT2D eigenvalue weighted by atomic mass is 10.2. The van der Waals surface area contributed by atoms with Gasteiger partial charge in [-0.2, -0.15) is 0 Å². The van der Waals surface area contributed by atoms with Crippen molar-refractivity contribution in [3.8, 4) is 11.5 Å². The summed E-state index contributed by atoms with van der Waals surface area (Å²) in [6.45, 7) is 8.82. The van der Waals surface area contributed by atoms with Crippen LogP contribution in [0, 0.1) is 0 Å². The molecule has 8 heteroatoms. The van der Waals surface area contributed by atoms with E-state index in [0.29, 0.717) is 30.6 Å². The Morgan fingerprint density at radius 1 is 1.31 bits per heavy atom. The van der Waals surface area contributed by atoms with Crippen molar-refractivity contribution in [1.82, 2.24) is 10.2 Å². The van der Waals surface area contributed by atoms with E-state index < -0.39 is 0 Å². The molecule has 0 heterocycles. The Balaban J connectivity index is 0.00000625. The normalized spacial score (nSPS) is 10.4. The van der Waals surface area contributed by atoms with Crippen molar-refractivity contribution in [2.45, 2.75) is 13.8 Å². The van der Waals surface area contributed by atoms with Crippen molar-refractivity contribution in [2.75, 3.05) is 46.2 Å².